The molecule has 0 radical (unpaired) electrons. The zero-order valence-electron chi connectivity index (χ0n) is 19.5. The highest BCUT2D eigenvalue weighted by atomic mass is 19.3. The van der Waals surface area contributed by atoms with E-state index in [4.69, 9.17) is 0 Å². The molecule has 3 rings (SSSR count). The molecule has 2 saturated carbocycles. The molecule has 30 heavy (non-hydrogen) atoms. The second kappa shape index (κ2) is 11.6. The Balaban J connectivity index is 1.49. The monoisotopic (exact) mass is 418 g/mol. The molecule has 0 saturated heterocycles. The first kappa shape index (κ1) is 23.7. The summed E-state index contributed by atoms with van der Waals surface area (Å²) in [5, 5.41) is 0. The van der Waals surface area contributed by atoms with Gasteiger partial charge in [-0.25, -0.2) is 8.78 Å². The van der Waals surface area contributed by atoms with Gasteiger partial charge >= 0.3 is 0 Å². The van der Waals surface area contributed by atoms with E-state index in [0.29, 0.717) is 18.8 Å². The molecule has 2 aliphatic rings. The first-order valence-electron chi connectivity index (χ1n) is 13.0. The lowest BCUT2D eigenvalue weighted by molar-refractivity contribution is -0.0949. The molecular formula is C28H44F2. The molecule has 0 heterocycles. The standard InChI is InChI=1S/C28H44F2/c1-3-5-7-9-22-11-13-23(14-12-22)24-15-17-25(18-16-24)26-19-20-27(10-8-6-4-2)28(29,30)21-26/h15-18,22-23,26-27H,3-14,19-21H2,1-2H3/t22?,23?,26-,27-/m1/s1. The zero-order chi connectivity index (χ0) is 21.4. The molecular weight excluding hydrogens is 374 g/mol. The molecule has 0 aromatic heterocycles. The van der Waals surface area contributed by atoms with Crippen LogP contribution in [0.1, 0.15) is 133 Å². The van der Waals surface area contributed by atoms with Crippen LogP contribution in [0.15, 0.2) is 24.3 Å². The minimum absolute atomic E-state index is 0.0331. The predicted octanol–water partition coefficient (Wildman–Crippen LogP) is 9.64. The van der Waals surface area contributed by atoms with Crippen LogP contribution in [0.2, 0.25) is 0 Å². The Labute approximate surface area is 184 Å². The second-order valence-electron chi connectivity index (χ2n) is 10.3. The van der Waals surface area contributed by atoms with Crippen LogP contribution in [-0.4, -0.2) is 5.92 Å². The fourth-order valence-electron chi connectivity index (χ4n) is 6.00. The molecule has 0 aliphatic heterocycles. The lowest BCUT2D eigenvalue weighted by atomic mass is 9.73. The van der Waals surface area contributed by atoms with Crippen LogP contribution in [0.3, 0.4) is 0 Å². The van der Waals surface area contributed by atoms with E-state index in [1.165, 1.54) is 56.9 Å². The fourth-order valence-corrected chi connectivity index (χ4v) is 6.00. The number of alkyl halides is 2. The fraction of sp³-hybridized carbons (Fsp3) is 0.786. The molecule has 2 fully saturated rings. The Hall–Kier alpha value is -0.920. The Bertz CT molecular complexity index is 598. The summed E-state index contributed by atoms with van der Waals surface area (Å²) < 4.78 is 29.5. The van der Waals surface area contributed by atoms with Gasteiger partial charge in [0, 0.05) is 12.3 Å². The third-order valence-corrected chi connectivity index (χ3v) is 8.08. The first-order chi connectivity index (χ1) is 14.5. The summed E-state index contributed by atoms with van der Waals surface area (Å²) in [5.41, 5.74) is 2.57. The molecule has 2 aliphatic carbocycles. The van der Waals surface area contributed by atoms with Crippen molar-refractivity contribution in [1.29, 1.82) is 0 Å². The van der Waals surface area contributed by atoms with Crippen molar-refractivity contribution < 1.29 is 8.78 Å². The van der Waals surface area contributed by atoms with Crippen molar-refractivity contribution in [3.8, 4) is 0 Å². The SMILES string of the molecule is CCCCCC1CCC(c2ccc([C@@H]3CC[C@@H](CCCCC)C(F)(F)C3)cc2)CC1. The summed E-state index contributed by atoms with van der Waals surface area (Å²) >= 11 is 0. The van der Waals surface area contributed by atoms with Crippen molar-refractivity contribution in [2.45, 2.75) is 128 Å². The largest absolute Gasteiger partial charge is 0.251 e. The van der Waals surface area contributed by atoms with Gasteiger partial charge in [-0.15, -0.1) is 0 Å². The number of rotatable bonds is 10. The minimum atomic E-state index is -2.49. The summed E-state index contributed by atoms with van der Waals surface area (Å²) in [6.45, 7) is 4.42. The Kier molecular flexibility index (Phi) is 9.20. The van der Waals surface area contributed by atoms with Gasteiger partial charge in [0.2, 0.25) is 0 Å². The molecule has 2 atom stereocenters. The van der Waals surface area contributed by atoms with E-state index in [1.54, 1.807) is 0 Å². The van der Waals surface area contributed by atoms with Gasteiger partial charge in [-0.1, -0.05) is 83.1 Å². The summed E-state index contributed by atoms with van der Waals surface area (Å²) in [4.78, 5) is 0. The number of unbranched alkanes of at least 4 members (excludes halogenated alkanes) is 4. The lowest BCUT2D eigenvalue weighted by Crippen LogP contribution is -2.35. The number of hydrogen-bond donors (Lipinski definition) is 0. The lowest BCUT2D eigenvalue weighted by Gasteiger charge is -2.36. The van der Waals surface area contributed by atoms with E-state index in [0.717, 1.165) is 37.2 Å². The molecule has 1 aromatic rings. The summed E-state index contributed by atoms with van der Waals surface area (Å²) in [7, 11) is 0. The molecule has 0 spiro atoms. The summed E-state index contributed by atoms with van der Waals surface area (Å²) in [6, 6.07) is 8.84. The van der Waals surface area contributed by atoms with Gasteiger partial charge in [0.05, 0.1) is 0 Å². The van der Waals surface area contributed by atoms with Gasteiger partial charge < -0.3 is 0 Å². The van der Waals surface area contributed by atoms with Crippen LogP contribution < -0.4 is 0 Å². The second-order valence-corrected chi connectivity index (χ2v) is 10.3. The van der Waals surface area contributed by atoms with Crippen LogP contribution in [0.4, 0.5) is 8.78 Å². The molecule has 170 valence electrons. The van der Waals surface area contributed by atoms with Crippen molar-refractivity contribution in [1.82, 2.24) is 0 Å². The first-order valence-corrected chi connectivity index (χ1v) is 13.0. The Morgan fingerprint density at radius 3 is 1.80 bits per heavy atom. The highest BCUT2D eigenvalue weighted by Crippen LogP contribution is 2.47. The van der Waals surface area contributed by atoms with Crippen molar-refractivity contribution in [2.24, 2.45) is 11.8 Å². The molecule has 0 unspecified atom stereocenters. The third-order valence-electron chi connectivity index (χ3n) is 8.08. The van der Waals surface area contributed by atoms with Crippen LogP contribution in [-0.2, 0) is 0 Å². The van der Waals surface area contributed by atoms with Crippen molar-refractivity contribution in [3.63, 3.8) is 0 Å². The van der Waals surface area contributed by atoms with E-state index < -0.39 is 11.8 Å². The maximum absolute atomic E-state index is 14.7. The van der Waals surface area contributed by atoms with E-state index in [1.807, 2.05) is 0 Å². The van der Waals surface area contributed by atoms with E-state index in [9.17, 15) is 8.78 Å². The smallest absolute Gasteiger partial charge is 0.207 e. The average molecular weight is 419 g/mol. The molecule has 0 amide bonds. The van der Waals surface area contributed by atoms with Crippen molar-refractivity contribution >= 4 is 0 Å². The maximum Gasteiger partial charge on any atom is 0.251 e. The number of benzene rings is 1. The van der Waals surface area contributed by atoms with Crippen LogP contribution in [0.25, 0.3) is 0 Å². The Morgan fingerprint density at radius 1 is 0.700 bits per heavy atom. The molecule has 0 nitrogen and oxygen atoms in total. The van der Waals surface area contributed by atoms with Crippen molar-refractivity contribution in [3.05, 3.63) is 35.4 Å². The quantitative estimate of drug-likeness (QED) is 0.332. The van der Waals surface area contributed by atoms with Gasteiger partial charge in [0.1, 0.15) is 0 Å². The number of hydrogen-bond acceptors (Lipinski definition) is 0. The van der Waals surface area contributed by atoms with Crippen LogP contribution >= 0.6 is 0 Å². The van der Waals surface area contributed by atoms with E-state index in [-0.39, 0.29) is 12.3 Å². The maximum atomic E-state index is 14.7. The zero-order valence-corrected chi connectivity index (χ0v) is 19.5. The molecule has 1 aromatic carbocycles. The minimum Gasteiger partial charge on any atom is -0.207 e. The summed E-state index contributed by atoms with van der Waals surface area (Å²) in [6.07, 6.45) is 16.3. The Morgan fingerprint density at radius 2 is 1.23 bits per heavy atom. The molecule has 0 N–H and O–H groups in total. The normalized spacial score (nSPS) is 29.1. The highest BCUT2D eigenvalue weighted by Gasteiger charge is 2.44. The highest BCUT2D eigenvalue weighted by molar-refractivity contribution is 5.28. The van der Waals surface area contributed by atoms with Gasteiger partial charge in [-0.05, 0) is 73.8 Å². The topological polar surface area (TPSA) is 0 Å². The van der Waals surface area contributed by atoms with Gasteiger partial charge in [0.15, 0.2) is 0 Å². The molecule has 2 heteroatoms. The van der Waals surface area contributed by atoms with Gasteiger partial charge in [-0.2, -0.15) is 0 Å². The summed E-state index contributed by atoms with van der Waals surface area (Å²) in [5.74, 6) is -1.25. The predicted molar refractivity (Wildman–Crippen MR) is 124 cm³/mol. The third kappa shape index (κ3) is 6.54. The van der Waals surface area contributed by atoms with Gasteiger partial charge in [-0.3, -0.25) is 0 Å². The van der Waals surface area contributed by atoms with Crippen LogP contribution in [0.5, 0.6) is 0 Å². The average Bonchev–Trinajstić information content (AvgIpc) is 2.75. The van der Waals surface area contributed by atoms with E-state index >= 15 is 0 Å². The van der Waals surface area contributed by atoms with Crippen LogP contribution in [0, 0.1) is 11.8 Å². The van der Waals surface area contributed by atoms with Gasteiger partial charge in [0.25, 0.3) is 5.92 Å². The number of halogens is 2. The molecule has 0 bridgehead atoms. The van der Waals surface area contributed by atoms with E-state index in [2.05, 4.69) is 38.1 Å². The van der Waals surface area contributed by atoms with Crippen molar-refractivity contribution in [2.75, 3.05) is 0 Å².